The molecule has 2 amide bonds. The van der Waals surface area contributed by atoms with E-state index < -0.39 is 18.0 Å². The standard InChI is InChI=1S/C24H32N2O5/c1-14(19-11-16-8-9-17(19)10-16)25-23(28)15(2)31-24(29)18-12-22(27)26(13-18)20-6-4-5-7-21(20)30-3/h4-7,14-19H,8-13H2,1-3H3,(H,25,28)/t14-,15+,16+,17+,18+,19+/m0/s1. The summed E-state index contributed by atoms with van der Waals surface area (Å²) in [7, 11) is 1.54. The van der Waals surface area contributed by atoms with Crippen molar-refractivity contribution in [1.29, 1.82) is 0 Å². The molecule has 168 valence electrons. The Morgan fingerprint density at radius 3 is 2.61 bits per heavy atom. The van der Waals surface area contributed by atoms with Crippen LogP contribution in [-0.4, -0.2) is 43.6 Å². The Balaban J connectivity index is 1.30. The second-order valence-electron chi connectivity index (χ2n) is 9.29. The van der Waals surface area contributed by atoms with E-state index in [1.807, 2.05) is 12.1 Å². The van der Waals surface area contributed by atoms with Crippen molar-refractivity contribution in [1.82, 2.24) is 5.32 Å². The van der Waals surface area contributed by atoms with Crippen molar-refractivity contribution >= 4 is 23.5 Å². The maximum absolute atomic E-state index is 12.7. The number of para-hydroxylation sites is 2. The number of amides is 2. The molecule has 2 bridgehead atoms. The molecule has 4 rings (SSSR count). The van der Waals surface area contributed by atoms with E-state index in [2.05, 4.69) is 12.2 Å². The van der Waals surface area contributed by atoms with Crippen LogP contribution >= 0.6 is 0 Å². The summed E-state index contributed by atoms with van der Waals surface area (Å²) in [6.45, 7) is 3.86. The Hall–Kier alpha value is -2.57. The fraction of sp³-hybridized carbons (Fsp3) is 0.625. The average Bonchev–Trinajstić information content (AvgIpc) is 3.49. The summed E-state index contributed by atoms with van der Waals surface area (Å²) in [5, 5.41) is 3.05. The summed E-state index contributed by atoms with van der Waals surface area (Å²) in [6, 6.07) is 7.29. The quantitative estimate of drug-likeness (QED) is 0.675. The lowest BCUT2D eigenvalue weighted by Gasteiger charge is -2.29. The molecule has 0 radical (unpaired) electrons. The van der Waals surface area contributed by atoms with Crippen LogP contribution in [0.3, 0.4) is 0 Å². The van der Waals surface area contributed by atoms with Gasteiger partial charge < -0.3 is 19.7 Å². The van der Waals surface area contributed by atoms with Crippen LogP contribution in [0, 0.1) is 23.7 Å². The van der Waals surface area contributed by atoms with Crippen LogP contribution in [0.15, 0.2) is 24.3 Å². The number of rotatable bonds is 7. The zero-order valence-electron chi connectivity index (χ0n) is 18.5. The molecule has 31 heavy (non-hydrogen) atoms. The molecular weight excluding hydrogens is 396 g/mol. The number of nitrogens with one attached hydrogen (secondary N) is 1. The number of hydrogen-bond acceptors (Lipinski definition) is 5. The van der Waals surface area contributed by atoms with E-state index in [1.165, 1.54) is 25.7 Å². The molecule has 7 nitrogen and oxygen atoms in total. The third kappa shape index (κ3) is 4.41. The molecule has 1 aromatic carbocycles. The second-order valence-corrected chi connectivity index (χ2v) is 9.29. The van der Waals surface area contributed by atoms with Gasteiger partial charge in [-0.2, -0.15) is 0 Å². The number of fused-ring (bicyclic) bond motifs is 2. The third-order valence-corrected chi connectivity index (χ3v) is 7.30. The molecule has 1 aliphatic heterocycles. The van der Waals surface area contributed by atoms with Gasteiger partial charge in [0.1, 0.15) is 5.75 Å². The van der Waals surface area contributed by atoms with Gasteiger partial charge in [0.25, 0.3) is 5.91 Å². The smallest absolute Gasteiger partial charge is 0.312 e. The van der Waals surface area contributed by atoms with Gasteiger partial charge >= 0.3 is 5.97 Å². The van der Waals surface area contributed by atoms with Gasteiger partial charge in [-0.25, -0.2) is 0 Å². The summed E-state index contributed by atoms with van der Waals surface area (Å²) < 4.78 is 10.8. The first-order valence-corrected chi connectivity index (χ1v) is 11.3. The highest BCUT2D eigenvalue weighted by atomic mass is 16.5. The Kier molecular flexibility index (Phi) is 6.21. The zero-order chi connectivity index (χ0) is 22.1. The number of carbonyl (C=O) groups is 3. The predicted octanol–water partition coefficient (Wildman–Crippen LogP) is 2.92. The number of esters is 1. The molecule has 1 saturated heterocycles. The zero-order valence-corrected chi connectivity index (χ0v) is 18.5. The number of ether oxygens (including phenoxy) is 2. The number of methoxy groups -OCH3 is 1. The monoisotopic (exact) mass is 428 g/mol. The molecule has 2 saturated carbocycles. The lowest BCUT2D eigenvalue weighted by Crippen LogP contribution is -2.45. The molecule has 1 N–H and O–H groups in total. The van der Waals surface area contributed by atoms with Crippen molar-refractivity contribution in [3.8, 4) is 5.75 Å². The molecule has 0 aromatic heterocycles. The first-order valence-electron chi connectivity index (χ1n) is 11.3. The topological polar surface area (TPSA) is 84.9 Å². The molecule has 3 aliphatic rings. The lowest BCUT2D eigenvalue weighted by atomic mass is 9.84. The molecule has 1 heterocycles. The molecule has 3 fully saturated rings. The van der Waals surface area contributed by atoms with Gasteiger partial charge in [-0.15, -0.1) is 0 Å². The molecule has 7 heteroatoms. The second kappa shape index (κ2) is 8.89. The van der Waals surface area contributed by atoms with E-state index in [4.69, 9.17) is 9.47 Å². The molecule has 1 aromatic rings. The van der Waals surface area contributed by atoms with Crippen LogP contribution in [0.4, 0.5) is 5.69 Å². The highest BCUT2D eigenvalue weighted by molar-refractivity contribution is 6.00. The van der Waals surface area contributed by atoms with Gasteiger partial charge in [-0.1, -0.05) is 18.6 Å². The van der Waals surface area contributed by atoms with Crippen LogP contribution in [-0.2, 0) is 19.1 Å². The van der Waals surface area contributed by atoms with Gasteiger partial charge in [0.05, 0.1) is 18.7 Å². The lowest BCUT2D eigenvalue weighted by molar-refractivity contribution is -0.158. The number of carbonyl (C=O) groups excluding carboxylic acids is 3. The van der Waals surface area contributed by atoms with Crippen LogP contribution in [0.1, 0.15) is 46.0 Å². The van der Waals surface area contributed by atoms with Gasteiger partial charge in [0.15, 0.2) is 6.10 Å². The van der Waals surface area contributed by atoms with Crippen molar-refractivity contribution in [2.24, 2.45) is 23.7 Å². The van der Waals surface area contributed by atoms with E-state index in [0.29, 0.717) is 23.3 Å². The summed E-state index contributed by atoms with van der Waals surface area (Å²) in [5.74, 6) is 1.08. The number of anilines is 1. The van der Waals surface area contributed by atoms with Crippen molar-refractivity contribution < 1.29 is 23.9 Å². The van der Waals surface area contributed by atoms with Gasteiger partial charge in [0.2, 0.25) is 5.91 Å². The minimum atomic E-state index is -0.885. The van der Waals surface area contributed by atoms with E-state index in [1.54, 1.807) is 31.1 Å². The van der Waals surface area contributed by atoms with Gasteiger partial charge in [-0.3, -0.25) is 14.4 Å². The fourth-order valence-corrected chi connectivity index (χ4v) is 5.63. The van der Waals surface area contributed by atoms with Crippen molar-refractivity contribution in [2.45, 2.75) is 58.1 Å². The molecular formula is C24H32N2O5. The third-order valence-electron chi connectivity index (χ3n) is 7.30. The van der Waals surface area contributed by atoms with E-state index in [-0.39, 0.29) is 30.8 Å². The minimum Gasteiger partial charge on any atom is -0.495 e. The van der Waals surface area contributed by atoms with E-state index in [0.717, 1.165) is 5.92 Å². The Morgan fingerprint density at radius 2 is 1.94 bits per heavy atom. The fourth-order valence-electron chi connectivity index (χ4n) is 5.63. The summed E-state index contributed by atoms with van der Waals surface area (Å²) in [5.41, 5.74) is 0.635. The van der Waals surface area contributed by atoms with Gasteiger partial charge in [-0.05, 0) is 63.0 Å². The molecule has 0 unspecified atom stereocenters. The van der Waals surface area contributed by atoms with Crippen molar-refractivity contribution in [2.75, 3.05) is 18.6 Å². The van der Waals surface area contributed by atoms with Gasteiger partial charge in [0, 0.05) is 19.0 Å². The van der Waals surface area contributed by atoms with E-state index in [9.17, 15) is 14.4 Å². The first-order chi connectivity index (χ1) is 14.9. The Morgan fingerprint density at radius 1 is 1.16 bits per heavy atom. The highest BCUT2D eigenvalue weighted by Crippen LogP contribution is 2.49. The summed E-state index contributed by atoms with van der Waals surface area (Å²) >= 11 is 0. The maximum Gasteiger partial charge on any atom is 0.312 e. The van der Waals surface area contributed by atoms with Crippen molar-refractivity contribution in [3.05, 3.63) is 24.3 Å². The van der Waals surface area contributed by atoms with Crippen molar-refractivity contribution in [3.63, 3.8) is 0 Å². The highest BCUT2D eigenvalue weighted by Gasteiger charge is 2.43. The minimum absolute atomic E-state index is 0.0623. The summed E-state index contributed by atoms with van der Waals surface area (Å²) in [6.07, 6.45) is 4.23. The Labute approximate surface area is 183 Å². The van der Waals surface area contributed by atoms with Crippen LogP contribution < -0.4 is 15.0 Å². The molecule has 2 aliphatic carbocycles. The first kappa shape index (κ1) is 21.7. The Bertz CT molecular complexity index is 856. The SMILES string of the molecule is COc1ccccc1N1C[C@H](C(=O)O[C@H](C)C(=O)N[C@@H](C)[C@H]2C[C@@H]3CC[C@@H]2C3)CC1=O. The van der Waals surface area contributed by atoms with Crippen LogP contribution in [0.25, 0.3) is 0 Å². The largest absolute Gasteiger partial charge is 0.495 e. The predicted molar refractivity (Wildman–Crippen MR) is 116 cm³/mol. The normalized spacial score (nSPS) is 29.0. The van der Waals surface area contributed by atoms with Crippen LogP contribution in [0.2, 0.25) is 0 Å². The maximum atomic E-state index is 12.7. The summed E-state index contributed by atoms with van der Waals surface area (Å²) in [4.78, 5) is 39.4. The average molecular weight is 429 g/mol. The number of hydrogen-bond donors (Lipinski definition) is 1. The molecule has 0 spiro atoms. The number of benzene rings is 1. The molecule has 6 atom stereocenters. The number of nitrogens with zero attached hydrogens (tertiary/aromatic N) is 1. The van der Waals surface area contributed by atoms with Crippen LogP contribution in [0.5, 0.6) is 5.75 Å². The van der Waals surface area contributed by atoms with E-state index >= 15 is 0 Å².